The van der Waals surface area contributed by atoms with E-state index in [9.17, 15) is 4.79 Å². The number of rotatable bonds is 4. The second-order valence-electron chi connectivity index (χ2n) is 2.76. The average molecular weight is 208 g/mol. The predicted octanol–water partition coefficient (Wildman–Crippen LogP) is 0.817. The summed E-state index contributed by atoms with van der Waals surface area (Å²) in [6, 6.07) is 1.84. The zero-order valence-corrected chi connectivity index (χ0v) is 8.69. The van der Waals surface area contributed by atoms with Crippen LogP contribution in [0.5, 0.6) is 0 Å². The third-order valence-corrected chi connectivity index (χ3v) is 1.74. The number of hydrogen-bond acceptors (Lipinski definition) is 5. The predicted molar refractivity (Wildman–Crippen MR) is 53.2 cm³/mol. The van der Waals surface area contributed by atoms with Crippen molar-refractivity contribution in [3.63, 3.8) is 0 Å². The molecule has 0 aromatic heterocycles. The Hall–Kier alpha value is -1.67. The van der Waals surface area contributed by atoms with E-state index in [1.807, 2.05) is 6.07 Å². The van der Waals surface area contributed by atoms with Gasteiger partial charge in [-0.1, -0.05) is 0 Å². The molecule has 0 bridgehead atoms. The molecule has 0 fully saturated rings. The summed E-state index contributed by atoms with van der Waals surface area (Å²) in [5.74, 6) is -0.123. The molecule has 0 spiro atoms. The van der Waals surface area contributed by atoms with Gasteiger partial charge in [0.1, 0.15) is 6.07 Å². The average Bonchev–Trinajstić information content (AvgIpc) is 2.22. The van der Waals surface area contributed by atoms with Crippen molar-refractivity contribution < 1.29 is 14.3 Å². The number of carbonyl (C=O) groups is 1. The first-order valence-electron chi connectivity index (χ1n) is 4.71. The first kappa shape index (κ1) is 11.4. The third kappa shape index (κ3) is 2.64. The van der Waals surface area contributed by atoms with E-state index in [2.05, 4.69) is 4.99 Å². The minimum absolute atomic E-state index is 0.0489. The van der Waals surface area contributed by atoms with Crippen molar-refractivity contribution in [3.8, 4) is 6.07 Å². The SMILES string of the molecule is CCOC1=CC(=O)C(OCC)C(C#N)=N1. The summed E-state index contributed by atoms with van der Waals surface area (Å²) in [5.41, 5.74) is 0.0489. The first-order valence-corrected chi connectivity index (χ1v) is 4.71. The van der Waals surface area contributed by atoms with Crippen LogP contribution in [-0.2, 0) is 14.3 Å². The van der Waals surface area contributed by atoms with Gasteiger partial charge in [0.25, 0.3) is 0 Å². The second kappa shape index (κ2) is 5.27. The molecular weight excluding hydrogens is 196 g/mol. The van der Waals surface area contributed by atoms with Crippen LogP contribution in [0.3, 0.4) is 0 Å². The minimum atomic E-state index is -0.871. The van der Waals surface area contributed by atoms with Crippen LogP contribution in [0.15, 0.2) is 17.0 Å². The van der Waals surface area contributed by atoms with E-state index >= 15 is 0 Å². The third-order valence-electron chi connectivity index (χ3n) is 1.74. The van der Waals surface area contributed by atoms with E-state index in [0.29, 0.717) is 13.2 Å². The highest BCUT2D eigenvalue weighted by molar-refractivity contribution is 6.20. The Kier molecular flexibility index (Phi) is 4.01. The Labute approximate surface area is 88.0 Å². The molecule has 80 valence electrons. The van der Waals surface area contributed by atoms with Crippen LogP contribution >= 0.6 is 0 Å². The normalized spacial score (nSPS) is 20.3. The Bertz CT molecular complexity index is 352. The first-order chi connectivity index (χ1) is 7.22. The molecule has 0 aliphatic carbocycles. The molecule has 1 atom stereocenters. The molecule has 5 nitrogen and oxygen atoms in total. The molecule has 0 saturated heterocycles. The van der Waals surface area contributed by atoms with E-state index in [4.69, 9.17) is 14.7 Å². The molecule has 0 aromatic carbocycles. The van der Waals surface area contributed by atoms with Gasteiger partial charge >= 0.3 is 0 Å². The van der Waals surface area contributed by atoms with Gasteiger partial charge in [-0.2, -0.15) is 5.26 Å². The molecule has 0 amide bonds. The topological polar surface area (TPSA) is 71.7 Å². The molecule has 0 aromatic rings. The molecule has 0 N–H and O–H groups in total. The Morgan fingerprint density at radius 3 is 2.80 bits per heavy atom. The van der Waals surface area contributed by atoms with E-state index in [1.54, 1.807) is 13.8 Å². The van der Waals surface area contributed by atoms with E-state index in [0.717, 1.165) is 0 Å². The molecule has 0 radical (unpaired) electrons. The van der Waals surface area contributed by atoms with Crippen molar-refractivity contribution in [2.75, 3.05) is 13.2 Å². The maximum atomic E-state index is 11.5. The van der Waals surface area contributed by atoms with E-state index in [1.165, 1.54) is 6.08 Å². The lowest BCUT2D eigenvalue weighted by atomic mass is 10.1. The maximum Gasteiger partial charge on any atom is 0.217 e. The molecule has 1 aliphatic heterocycles. The van der Waals surface area contributed by atoms with Gasteiger partial charge < -0.3 is 9.47 Å². The number of hydrogen-bond donors (Lipinski definition) is 0. The largest absolute Gasteiger partial charge is 0.478 e. The van der Waals surface area contributed by atoms with Crippen molar-refractivity contribution in [3.05, 3.63) is 12.0 Å². The van der Waals surface area contributed by atoms with Gasteiger partial charge in [0.15, 0.2) is 17.6 Å². The number of ketones is 1. The van der Waals surface area contributed by atoms with Crippen LogP contribution < -0.4 is 0 Å². The Balaban J connectivity index is 2.89. The quantitative estimate of drug-likeness (QED) is 0.685. The van der Waals surface area contributed by atoms with Gasteiger partial charge in [-0.25, -0.2) is 4.99 Å². The minimum Gasteiger partial charge on any atom is -0.478 e. The summed E-state index contributed by atoms with van der Waals surface area (Å²) in [7, 11) is 0. The molecule has 1 heterocycles. The van der Waals surface area contributed by atoms with Gasteiger partial charge in [-0.3, -0.25) is 4.79 Å². The number of ether oxygens (including phenoxy) is 2. The zero-order valence-electron chi connectivity index (χ0n) is 8.69. The fourth-order valence-corrected chi connectivity index (χ4v) is 1.17. The Morgan fingerprint density at radius 1 is 1.53 bits per heavy atom. The summed E-state index contributed by atoms with van der Waals surface area (Å²) in [6.45, 7) is 4.29. The summed E-state index contributed by atoms with van der Waals surface area (Å²) < 4.78 is 10.2. The van der Waals surface area contributed by atoms with Gasteiger partial charge in [0.05, 0.1) is 6.61 Å². The fraction of sp³-hybridized carbons (Fsp3) is 0.500. The molecule has 1 unspecified atom stereocenters. The van der Waals surface area contributed by atoms with Crippen LogP contribution in [0.1, 0.15) is 13.8 Å². The van der Waals surface area contributed by atoms with Crippen molar-refractivity contribution in [1.82, 2.24) is 0 Å². The lowest BCUT2D eigenvalue weighted by Gasteiger charge is -2.16. The van der Waals surface area contributed by atoms with Crippen molar-refractivity contribution in [2.45, 2.75) is 20.0 Å². The highest BCUT2D eigenvalue weighted by atomic mass is 16.5. The van der Waals surface area contributed by atoms with Crippen LogP contribution in [0, 0.1) is 11.3 Å². The van der Waals surface area contributed by atoms with Crippen molar-refractivity contribution >= 4 is 11.5 Å². The lowest BCUT2D eigenvalue weighted by molar-refractivity contribution is -0.122. The van der Waals surface area contributed by atoms with Crippen LogP contribution in [0.25, 0.3) is 0 Å². The number of nitriles is 1. The van der Waals surface area contributed by atoms with Crippen molar-refractivity contribution in [1.29, 1.82) is 5.26 Å². The number of nitrogens with zero attached hydrogens (tertiary/aromatic N) is 2. The van der Waals surface area contributed by atoms with E-state index in [-0.39, 0.29) is 17.4 Å². The molecule has 1 rings (SSSR count). The molecular formula is C10H12N2O3. The maximum absolute atomic E-state index is 11.5. The summed E-state index contributed by atoms with van der Waals surface area (Å²) >= 11 is 0. The van der Waals surface area contributed by atoms with Crippen LogP contribution in [0.4, 0.5) is 0 Å². The van der Waals surface area contributed by atoms with Gasteiger partial charge in [0.2, 0.25) is 5.88 Å². The van der Waals surface area contributed by atoms with Gasteiger partial charge in [-0.05, 0) is 13.8 Å². The molecule has 1 aliphatic rings. The molecule has 15 heavy (non-hydrogen) atoms. The highest BCUT2D eigenvalue weighted by Gasteiger charge is 2.28. The van der Waals surface area contributed by atoms with Crippen molar-refractivity contribution in [2.24, 2.45) is 4.99 Å². The molecule has 5 heteroatoms. The fourth-order valence-electron chi connectivity index (χ4n) is 1.17. The molecule has 0 saturated carbocycles. The number of carbonyl (C=O) groups excluding carboxylic acids is 1. The van der Waals surface area contributed by atoms with Crippen LogP contribution in [0.2, 0.25) is 0 Å². The standard InChI is InChI=1S/C10H12N2O3/c1-3-14-9-5-8(13)10(15-4-2)7(6-11)12-9/h5,10H,3-4H2,1-2H3. The Morgan fingerprint density at radius 2 is 2.27 bits per heavy atom. The number of aliphatic imine (C=N–C) groups is 1. The lowest BCUT2D eigenvalue weighted by Crippen LogP contribution is -2.34. The van der Waals surface area contributed by atoms with Crippen LogP contribution in [-0.4, -0.2) is 30.8 Å². The summed E-state index contributed by atoms with van der Waals surface area (Å²) in [5, 5.41) is 8.80. The van der Waals surface area contributed by atoms with Gasteiger partial charge in [-0.15, -0.1) is 0 Å². The van der Waals surface area contributed by atoms with Gasteiger partial charge in [0, 0.05) is 12.7 Å². The zero-order chi connectivity index (χ0) is 11.3. The summed E-state index contributed by atoms with van der Waals surface area (Å²) in [6.07, 6.45) is 0.384. The smallest absolute Gasteiger partial charge is 0.217 e. The second-order valence-corrected chi connectivity index (χ2v) is 2.76. The highest BCUT2D eigenvalue weighted by Crippen LogP contribution is 2.12. The summed E-state index contributed by atoms with van der Waals surface area (Å²) in [4.78, 5) is 15.4. The monoisotopic (exact) mass is 208 g/mol. The van der Waals surface area contributed by atoms with E-state index < -0.39 is 6.10 Å².